The van der Waals surface area contributed by atoms with Crippen LogP contribution >= 0.6 is 11.8 Å². The van der Waals surface area contributed by atoms with E-state index in [0.29, 0.717) is 81.2 Å². The number of aromatic nitrogens is 4. The van der Waals surface area contributed by atoms with Crippen LogP contribution in [-0.4, -0.2) is 172 Å². The number of nitrogens with zero attached hydrogens (tertiary/aromatic N) is 9. The number of Topliss-reactive ketones (excluding diaryl/α,β-unsaturated/α-hetero) is 1. The molecule has 2 saturated heterocycles. The Hall–Kier alpha value is -6.91. The number of nitriles is 1. The number of piperidine rings is 1. The zero-order valence-electron chi connectivity index (χ0n) is 43.6. The van der Waals surface area contributed by atoms with Crippen LogP contribution in [0.1, 0.15) is 89.7 Å². The number of benzene rings is 2. The number of halogens is 2. The number of nitrogens with one attached hydrogen (secondary N) is 3. The van der Waals surface area contributed by atoms with Crippen LogP contribution in [0.2, 0.25) is 0 Å². The summed E-state index contributed by atoms with van der Waals surface area (Å²) < 4.78 is 47.1. The van der Waals surface area contributed by atoms with Gasteiger partial charge in [-0.05, 0) is 108 Å². The Morgan fingerprint density at radius 3 is 2.48 bits per heavy atom. The van der Waals surface area contributed by atoms with E-state index in [-0.39, 0.29) is 109 Å². The summed E-state index contributed by atoms with van der Waals surface area (Å²) in [6.07, 6.45) is 3.50. The maximum atomic E-state index is 14.5. The number of rotatable bonds is 20. The van der Waals surface area contributed by atoms with Gasteiger partial charge in [0, 0.05) is 55.5 Å². The molecule has 1 unspecified atom stereocenters. The molecule has 5 atom stereocenters. The summed E-state index contributed by atoms with van der Waals surface area (Å²) in [6.45, 7) is 7.47. The summed E-state index contributed by atoms with van der Waals surface area (Å²) in [5.41, 5.74) is 8.03. The molecule has 6 heterocycles. The van der Waals surface area contributed by atoms with Gasteiger partial charge >= 0.3 is 0 Å². The molecule has 2 aromatic heterocycles. The standard InChI is InChI=1S/C53H65F2N13O8S/c1-31(58-3)49(71)63-46(53(73)67-17-5-6-42(67)51-62-41(30-77-51)47(70)34-7-9-35(54)10-8-34)33-13-18-66(19-14-33)21-23-75-25-24-74-22-15-44(69)59-16-20-68-43-29-65(4)52(72)37-12-11-36(55)26-38(37)32(2)76-50-48(57)60-28-40(61-50)45(43)39(27-56)64-68/h7-12,26,28,31-33,41-42,46,58H,5-6,13-25,29-30H2,1-4H3,(H2,57,60)(H,59,69)(H,63,71)/t31-,32+,41?,42-,46-/m0/s1. The summed E-state index contributed by atoms with van der Waals surface area (Å²) in [6, 6.07) is 9.24. The van der Waals surface area contributed by atoms with E-state index in [1.807, 2.05) is 4.90 Å². The first-order chi connectivity index (χ1) is 37.1. The van der Waals surface area contributed by atoms with Crippen LogP contribution in [0.5, 0.6) is 5.88 Å². The summed E-state index contributed by atoms with van der Waals surface area (Å²) >= 11 is 1.48. The van der Waals surface area contributed by atoms with Crippen molar-refractivity contribution in [2.45, 2.75) is 89.3 Å². The Morgan fingerprint density at radius 2 is 1.74 bits per heavy atom. The van der Waals surface area contributed by atoms with Crippen molar-refractivity contribution in [2.24, 2.45) is 10.9 Å². The molecule has 2 bridgehead atoms. The number of likely N-dealkylation sites (N-methyl/N-ethyl adjacent to an activating group) is 1. The molecule has 4 aliphatic heterocycles. The number of aliphatic imine (C=N–C) groups is 1. The number of ketones is 1. The third kappa shape index (κ3) is 13.6. The Balaban J connectivity index is 0.767. The molecule has 4 aromatic rings. The largest absolute Gasteiger partial charge is 0.467 e. The number of nitrogen functional groups attached to an aromatic ring is 1. The first kappa shape index (κ1) is 56.3. The van der Waals surface area contributed by atoms with Crippen molar-refractivity contribution in [1.82, 2.24) is 50.4 Å². The highest BCUT2D eigenvalue weighted by molar-refractivity contribution is 8.14. The van der Waals surface area contributed by atoms with Crippen molar-refractivity contribution in [3.8, 4) is 23.2 Å². The molecule has 0 spiro atoms. The number of likely N-dealkylation sites (tertiary alicyclic amines) is 2. The molecule has 0 aliphatic carbocycles. The van der Waals surface area contributed by atoms with Gasteiger partial charge in [-0.3, -0.25) is 33.6 Å². The fourth-order valence-corrected chi connectivity index (χ4v) is 11.1. The molecule has 2 fully saturated rings. The first-order valence-corrected chi connectivity index (χ1v) is 26.9. The SMILES string of the molecule is CN[C@@H](C)C(=O)N[C@H](C(=O)N1CCC[C@H]1C1=NC(C(=O)c2ccc(F)cc2)CS1)C1CCN(CCOCCOCCC(=O)NCCn2nc(C#N)c3c2CN(C)C(=O)c2ccc(F)cc2[C@@H](C)Oc2nc-3cnc2N)CC1. The summed E-state index contributed by atoms with van der Waals surface area (Å²) in [5.74, 6) is -1.99. The molecule has 4 amide bonds. The van der Waals surface area contributed by atoms with Gasteiger partial charge in [0.15, 0.2) is 17.3 Å². The summed E-state index contributed by atoms with van der Waals surface area (Å²) in [4.78, 5) is 86.8. The molecule has 5 N–H and O–H groups in total. The number of carbonyl (C=O) groups excluding carboxylic acids is 5. The molecule has 2 aromatic carbocycles. The quantitative estimate of drug-likeness (QED) is 0.0729. The molecule has 0 radical (unpaired) electrons. The Labute approximate surface area is 449 Å². The number of hydrogen-bond donors (Lipinski definition) is 4. The van der Waals surface area contributed by atoms with E-state index in [2.05, 4.69) is 42.0 Å². The minimum atomic E-state index is -0.836. The lowest BCUT2D eigenvalue weighted by Crippen LogP contribution is -2.58. The Morgan fingerprint density at radius 1 is 1.00 bits per heavy atom. The van der Waals surface area contributed by atoms with Gasteiger partial charge in [0.05, 0.1) is 79.8 Å². The molecular weight excluding hydrogens is 1020 g/mol. The molecule has 4 aliphatic rings. The van der Waals surface area contributed by atoms with Crippen LogP contribution < -0.4 is 26.4 Å². The van der Waals surface area contributed by atoms with Crippen LogP contribution in [0.15, 0.2) is 53.7 Å². The number of fused-ring (bicyclic) bond motifs is 5. The molecule has 410 valence electrons. The van der Waals surface area contributed by atoms with E-state index >= 15 is 0 Å². The van der Waals surface area contributed by atoms with Crippen molar-refractivity contribution in [3.63, 3.8) is 0 Å². The highest BCUT2D eigenvalue weighted by Crippen LogP contribution is 2.35. The lowest BCUT2D eigenvalue weighted by atomic mass is 9.88. The van der Waals surface area contributed by atoms with E-state index in [1.54, 1.807) is 27.9 Å². The molecule has 77 heavy (non-hydrogen) atoms. The predicted octanol–water partition coefficient (Wildman–Crippen LogP) is 3.53. The van der Waals surface area contributed by atoms with E-state index in [4.69, 9.17) is 24.9 Å². The van der Waals surface area contributed by atoms with Crippen molar-refractivity contribution in [2.75, 3.05) is 84.7 Å². The van der Waals surface area contributed by atoms with Crippen molar-refractivity contribution in [3.05, 3.63) is 88.4 Å². The Bertz CT molecular complexity index is 2880. The van der Waals surface area contributed by atoms with E-state index in [9.17, 15) is 38.0 Å². The van der Waals surface area contributed by atoms with Crippen LogP contribution in [0.25, 0.3) is 11.3 Å². The maximum absolute atomic E-state index is 14.5. The van der Waals surface area contributed by atoms with Gasteiger partial charge < -0.3 is 50.6 Å². The lowest BCUT2D eigenvalue weighted by Gasteiger charge is -2.38. The van der Waals surface area contributed by atoms with Crippen LogP contribution in [0.4, 0.5) is 14.6 Å². The summed E-state index contributed by atoms with van der Waals surface area (Å²) in [5, 5.41) is 24.3. The average Bonchev–Trinajstić information content (AvgIpc) is 4.22. The molecule has 0 saturated carbocycles. The van der Waals surface area contributed by atoms with Gasteiger partial charge in [-0.25, -0.2) is 18.7 Å². The number of ether oxygens (including phenoxy) is 3. The number of nitrogens with two attached hydrogens (primary N) is 1. The normalized spacial score (nSPS) is 19.7. The van der Waals surface area contributed by atoms with Crippen LogP contribution in [0, 0.1) is 28.9 Å². The second-order valence-corrected chi connectivity index (χ2v) is 20.5. The van der Waals surface area contributed by atoms with Crippen molar-refractivity contribution >= 4 is 52.0 Å². The fourth-order valence-electron chi connectivity index (χ4n) is 9.93. The molecular formula is C53H65F2N13O8S. The number of amides is 4. The van der Waals surface area contributed by atoms with Gasteiger partial charge in [-0.1, -0.05) is 0 Å². The van der Waals surface area contributed by atoms with E-state index in [1.165, 1.54) is 70.0 Å². The zero-order valence-corrected chi connectivity index (χ0v) is 44.5. The smallest absolute Gasteiger partial charge is 0.258 e. The van der Waals surface area contributed by atoms with Crippen molar-refractivity contribution in [1.29, 1.82) is 5.26 Å². The van der Waals surface area contributed by atoms with E-state index < -0.39 is 41.8 Å². The molecule has 21 nitrogen and oxygen atoms in total. The second-order valence-electron chi connectivity index (χ2n) is 19.5. The Kier molecular flexibility index (Phi) is 19.0. The van der Waals surface area contributed by atoms with Crippen LogP contribution in [0.3, 0.4) is 0 Å². The number of thioether (sulfide) groups is 1. The number of hydrogen-bond acceptors (Lipinski definition) is 17. The van der Waals surface area contributed by atoms with Gasteiger partial charge in [-0.15, -0.1) is 11.8 Å². The summed E-state index contributed by atoms with van der Waals surface area (Å²) in [7, 11) is 3.28. The highest BCUT2D eigenvalue weighted by Gasteiger charge is 2.43. The lowest BCUT2D eigenvalue weighted by molar-refractivity contribution is -0.138. The highest BCUT2D eigenvalue weighted by atomic mass is 32.2. The molecule has 24 heteroatoms. The minimum absolute atomic E-state index is 0.0178. The van der Waals surface area contributed by atoms with Gasteiger partial charge in [0.2, 0.25) is 17.7 Å². The third-order valence-corrected chi connectivity index (χ3v) is 15.5. The van der Waals surface area contributed by atoms with Crippen molar-refractivity contribution < 1.29 is 47.0 Å². The number of carbonyl (C=O) groups is 5. The van der Waals surface area contributed by atoms with Gasteiger partial charge in [0.25, 0.3) is 11.8 Å². The van der Waals surface area contributed by atoms with Gasteiger partial charge in [-0.2, -0.15) is 10.4 Å². The first-order valence-electron chi connectivity index (χ1n) is 25.9. The minimum Gasteiger partial charge on any atom is -0.467 e. The van der Waals surface area contributed by atoms with Crippen LogP contribution in [-0.2, 0) is 36.9 Å². The average molecular weight is 1080 g/mol. The van der Waals surface area contributed by atoms with Gasteiger partial charge in [0.1, 0.15) is 35.9 Å². The fraction of sp³-hybridized carbons (Fsp3) is 0.509. The third-order valence-electron chi connectivity index (χ3n) is 14.4. The second kappa shape index (κ2) is 26.0. The number of anilines is 1. The van der Waals surface area contributed by atoms with E-state index in [0.717, 1.165) is 11.5 Å². The maximum Gasteiger partial charge on any atom is 0.258 e. The monoisotopic (exact) mass is 1080 g/mol. The zero-order chi connectivity index (χ0) is 54.8. The predicted molar refractivity (Wildman–Crippen MR) is 282 cm³/mol. The topological polar surface area (TPSA) is 265 Å². The molecule has 8 rings (SSSR count).